The summed E-state index contributed by atoms with van der Waals surface area (Å²) in [4.78, 5) is 12.1. The number of urea groups is 1. The molecule has 0 spiro atoms. The van der Waals surface area contributed by atoms with Gasteiger partial charge < -0.3 is 20.1 Å². The van der Waals surface area contributed by atoms with Gasteiger partial charge in [0.2, 0.25) is 0 Å². The summed E-state index contributed by atoms with van der Waals surface area (Å²) in [6.45, 7) is 3.82. The fourth-order valence-corrected chi connectivity index (χ4v) is 2.70. The van der Waals surface area contributed by atoms with E-state index >= 15 is 0 Å². The highest BCUT2D eigenvalue weighted by Gasteiger charge is 2.15. The fraction of sp³-hybridized carbons (Fsp3) is 0.444. The van der Waals surface area contributed by atoms with Crippen molar-refractivity contribution < 1.29 is 14.3 Å². The lowest BCUT2D eigenvalue weighted by molar-refractivity contribution is 0.238. The molecule has 1 aromatic heterocycles. The van der Waals surface area contributed by atoms with Crippen LogP contribution in [0, 0.1) is 0 Å². The molecule has 1 aliphatic rings. The molecule has 0 radical (unpaired) electrons. The normalized spacial score (nSPS) is 14.5. The number of fused-ring (bicyclic) bond motifs is 1. The molecular weight excluding hydrogens is 320 g/mol. The highest BCUT2D eigenvalue weighted by atomic mass is 16.5. The first-order chi connectivity index (χ1) is 12.1. The van der Waals surface area contributed by atoms with E-state index in [9.17, 15) is 4.79 Å². The number of nitrogens with one attached hydrogen (secondary N) is 2. The number of benzene rings is 1. The largest absolute Gasteiger partial charge is 0.490 e. The predicted octanol–water partition coefficient (Wildman–Crippen LogP) is 2.18. The van der Waals surface area contributed by atoms with E-state index in [1.165, 1.54) is 0 Å². The highest BCUT2D eigenvalue weighted by Crippen LogP contribution is 2.32. The maximum atomic E-state index is 12.1. The molecule has 7 heteroatoms. The van der Waals surface area contributed by atoms with E-state index in [1.807, 2.05) is 38.4 Å². The molecule has 0 saturated heterocycles. The summed E-state index contributed by atoms with van der Waals surface area (Å²) in [7, 11) is 1.88. The number of nitrogens with zero attached hydrogens (tertiary/aromatic N) is 2. The number of rotatable bonds is 5. The molecule has 0 unspecified atom stereocenters. The first-order valence-electron chi connectivity index (χ1n) is 8.53. The summed E-state index contributed by atoms with van der Waals surface area (Å²) in [5.41, 5.74) is 2.07. The molecule has 1 atom stereocenters. The van der Waals surface area contributed by atoms with Crippen LogP contribution in [0.2, 0.25) is 0 Å². The zero-order chi connectivity index (χ0) is 17.6. The zero-order valence-electron chi connectivity index (χ0n) is 14.6. The molecule has 3 rings (SSSR count). The number of carbonyl (C=O) groups is 1. The number of hydrogen-bond donors (Lipinski definition) is 2. The van der Waals surface area contributed by atoms with Gasteiger partial charge in [-0.3, -0.25) is 4.68 Å². The summed E-state index contributed by atoms with van der Waals surface area (Å²) >= 11 is 0. The van der Waals surface area contributed by atoms with Crippen molar-refractivity contribution in [2.24, 2.45) is 7.05 Å². The summed E-state index contributed by atoms with van der Waals surface area (Å²) in [6.07, 6.45) is 5.37. The van der Waals surface area contributed by atoms with E-state index in [0.717, 1.165) is 35.5 Å². The van der Waals surface area contributed by atoms with Gasteiger partial charge >= 0.3 is 6.03 Å². The second-order valence-corrected chi connectivity index (χ2v) is 6.15. The molecule has 0 bridgehead atoms. The Labute approximate surface area is 147 Å². The molecule has 2 aromatic rings. The highest BCUT2D eigenvalue weighted by molar-refractivity contribution is 5.74. The topological polar surface area (TPSA) is 77.4 Å². The molecule has 1 aromatic carbocycles. The molecule has 2 heterocycles. The molecule has 25 heavy (non-hydrogen) atoms. The van der Waals surface area contributed by atoms with Gasteiger partial charge in [-0.05, 0) is 36.6 Å². The molecule has 1 aliphatic heterocycles. The number of aryl methyl sites for hydroxylation is 1. The maximum absolute atomic E-state index is 12.1. The van der Waals surface area contributed by atoms with E-state index in [0.29, 0.717) is 19.8 Å². The van der Waals surface area contributed by atoms with Crippen molar-refractivity contribution in [3.8, 4) is 11.5 Å². The number of aromatic nitrogens is 2. The Morgan fingerprint density at radius 2 is 2.12 bits per heavy atom. The number of ether oxygens (including phenoxy) is 2. The maximum Gasteiger partial charge on any atom is 0.315 e. The minimum atomic E-state index is -0.191. The van der Waals surface area contributed by atoms with Gasteiger partial charge in [-0.2, -0.15) is 5.10 Å². The van der Waals surface area contributed by atoms with Gasteiger partial charge in [-0.1, -0.05) is 6.07 Å². The van der Waals surface area contributed by atoms with Crippen molar-refractivity contribution in [3.05, 3.63) is 41.7 Å². The lowest BCUT2D eigenvalue weighted by Gasteiger charge is -2.17. The second kappa shape index (κ2) is 7.92. The van der Waals surface area contributed by atoms with E-state index < -0.39 is 0 Å². The monoisotopic (exact) mass is 344 g/mol. The average molecular weight is 344 g/mol. The van der Waals surface area contributed by atoms with Gasteiger partial charge in [0.15, 0.2) is 11.5 Å². The van der Waals surface area contributed by atoms with E-state index in [1.54, 1.807) is 10.9 Å². The number of hydrogen-bond acceptors (Lipinski definition) is 4. The van der Waals surface area contributed by atoms with Gasteiger partial charge in [0, 0.05) is 26.2 Å². The minimum absolute atomic E-state index is 0.129. The lowest BCUT2D eigenvalue weighted by Crippen LogP contribution is -2.38. The first kappa shape index (κ1) is 17.1. The van der Waals surface area contributed by atoms with Crippen LogP contribution in [-0.2, 0) is 13.5 Å². The van der Waals surface area contributed by atoms with Crippen LogP contribution in [-0.4, -0.2) is 35.6 Å². The smallest absolute Gasteiger partial charge is 0.315 e. The van der Waals surface area contributed by atoms with Crippen molar-refractivity contribution >= 4 is 6.03 Å². The van der Waals surface area contributed by atoms with Crippen molar-refractivity contribution in [2.45, 2.75) is 25.8 Å². The molecule has 0 fully saturated rings. The Morgan fingerprint density at radius 1 is 1.32 bits per heavy atom. The van der Waals surface area contributed by atoms with Crippen molar-refractivity contribution in [1.82, 2.24) is 20.4 Å². The molecule has 0 saturated carbocycles. The summed E-state index contributed by atoms with van der Waals surface area (Å²) in [5, 5.41) is 9.92. The number of carbonyl (C=O) groups excluding carboxylic acids is 1. The van der Waals surface area contributed by atoms with E-state index in [4.69, 9.17) is 9.47 Å². The molecule has 7 nitrogen and oxygen atoms in total. The Balaban J connectivity index is 1.50. The van der Waals surface area contributed by atoms with Crippen LogP contribution in [0.5, 0.6) is 11.5 Å². The molecular formula is C18H24N4O3. The molecule has 0 aliphatic carbocycles. The third-order valence-corrected chi connectivity index (χ3v) is 4.08. The van der Waals surface area contributed by atoms with Gasteiger partial charge in [-0.25, -0.2) is 4.79 Å². The predicted molar refractivity (Wildman–Crippen MR) is 93.9 cm³/mol. The first-order valence-corrected chi connectivity index (χ1v) is 8.53. The standard InChI is InChI=1S/C18H24N4O3/c1-13(15-4-5-16-17(10-15)25-9-3-8-24-16)21-18(23)19-7-6-14-11-20-22(2)12-14/h4-5,10-13H,3,6-9H2,1-2H3,(H2,19,21,23)/t13-/m0/s1. The van der Waals surface area contributed by atoms with Gasteiger partial charge in [-0.15, -0.1) is 0 Å². The third-order valence-electron chi connectivity index (χ3n) is 4.08. The van der Waals surface area contributed by atoms with Crippen LogP contribution in [0.4, 0.5) is 4.79 Å². The fourth-order valence-electron chi connectivity index (χ4n) is 2.70. The quantitative estimate of drug-likeness (QED) is 0.872. The van der Waals surface area contributed by atoms with Crippen LogP contribution >= 0.6 is 0 Å². The SMILES string of the molecule is C[C@H](NC(=O)NCCc1cnn(C)c1)c1ccc2c(c1)OCCCO2. The van der Waals surface area contributed by atoms with Crippen molar-refractivity contribution in [1.29, 1.82) is 0 Å². The van der Waals surface area contributed by atoms with E-state index in [-0.39, 0.29) is 12.1 Å². The van der Waals surface area contributed by atoms with E-state index in [2.05, 4.69) is 15.7 Å². The number of amides is 2. The lowest BCUT2D eigenvalue weighted by atomic mass is 10.1. The zero-order valence-corrected chi connectivity index (χ0v) is 14.6. The van der Waals surface area contributed by atoms with Crippen molar-refractivity contribution in [3.63, 3.8) is 0 Å². The van der Waals surface area contributed by atoms with Crippen LogP contribution in [0.3, 0.4) is 0 Å². The minimum Gasteiger partial charge on any atom is -0.490 e. The average Bonchev–Trinajstić information content (AvgIpc) is 2.87. The van der Waals surface area contributed by atoms with Crippen LogP contribution in [0.15, 0.2) is 30.6 Å². The van der Waals surface area contributed by atoms with Crippen LogP contribution in [0.25, 0.3) is 0 Å². The molecule has 2 amide bonds. The Morgan fingerprint density at radius 3 is 2.88 bits per heavy atom. The third kappa shape index (κ3) is 4.65. The molecule has 2 N–H and O–H groups in total. The van der Waals surface area contributed by atoms with Crippen LogP contribution in [0.1, 0.15) is 30.5 Å². The Hall–Kier alpha value is -2.70. The summed E-state index contributed by atoms with van der Waals surface area (Å²) in [6, 6.07) is 5.46. The Kier molecular flexibility index (Phi) is 5.42. The van der Waals surface area contributed by atoms with Crippen LogP contribution < -0.4 is 20.1 Å². The van der Waals surface area contributed by atoms with Gasteiger partial charge in [0.05, 0.1) is 25.5 Å². The Bertz CT molecular complexity index is 729. The molecule has 134 valence electrons. The van der Waals surface area contributed by atoms with Gasteiger partial charge in [0.25, 0.3) is 0 Å². The van der Waals surface area contributed by atoms with Crippen molar-refractivity contribution in [2.75, 3.05) is 19.8 Å². The summed E-state index contributed by atoms with van der Waals surface area (Å²) in [5.74, 6) is 1.50. The summed E-state index contributed by atoms with van der Waals surface area (Å²) < 4.78 is 13.1. The van der Waals surface area contributed by atoms with Gasteiger partial charge in [0.1, 0.15) is 0 Å². The second-order valence-electron chi connectivity index (χ2n) is 6.15.